The van der Waals surface area contributed by atoms with E-state index in [-0.39, 0.29) is 17.4 Å². The van der Waals surface area contributed by atoms with Gasteiger partial charge in [-0.25, -0.2) is 0 Å². The van der Waals surface area contributed by atoms with Crippen molar-refractivity contribution < 1.29 is 17.7 Å². The number of benzene rings is 1. The van der Waals surface area contributed by atoms with E-state index in [1.54, 1.807) is 6.07 Å². The van der Waals surface area contributed by atoms with Gasteiger partial charge >= 0.3 is 6.18 Å². The molecule has 3 heterocycles. The van der Waals surface area contributed by atoms with Crippen molar-refractivity contribution in [1.82, 2.24) is 19.6 Å². The number of hydrogen-bond donors (Lipinski definition) is 0. The largest absolute Gasteiger partial charge is 0.416 e. The highest BCUT2D eigenvalue weighted by Crippen LogP contribution is 2.32. The monoisotopic (exact) mass is 362 g/mol. The predicted molar refractivity (Wildman–Crippen MR) is 88.0 cm³/mol. The van der Waals surface area contributed by atoms with E-state index < -0.39 is 11.7 Å². The van der Waals surface area contributed by atoms with Crippen molar-refractivity contribution >= 4 is 0 Å². The average molecular weight is 362 g/mol. The predicted octanol–water partition coefficient (Wildman–Crippen LogP) is 4.13. The summed E-state index contributed by atoms with van der Waals surface area (Å²) in [6.07, 6.45) is -2.34. The summed E-state index contributed by atoms with van der Waals surface area (Å²) in [4.78, 5) is 6.49. The van der Waals surface area contributed by atoms with Gasteiger partial charge in [-0.3, -0.25) is 4.90 Å². The Balaban J connectivity index is 1.52. The summed E-state index contributed by atoms with van der Waals surface area (Å²) in [6.45, 7) is 4.28. The van der Waals surface area contributed by atoms with Crippen LogP contribution in [0.2, 0.25) is 0 Å². The fourth-order valence-electron chi connectivity index (χ4n) is 3.29. The summed E-state index contributed by atoms with van der Waals surface area (Å²) in [5.74, 6) is 0.559. The van der Waals surface area contributed by atoms with E-state index in [0.717, 1.165) is 25.2 Å². The molecule has 8 heteroatoms. The van der Waals surface area contributed by atoms with Crippen LogP contribution in [0.5, 0.6) is 0 Å². The molecule has 0 radical (unpaired) electrons. The molecule has 5 nitrogen and oxygen atoms in total. The highest BCUT2D eigenvalue weighted by Gasteiger charge is 2.31. The van der Waals surface area contributed by atoms with E-state index in [2.05, 4.69) is 38.8 Å². The van der Waals surface area contributed by atoms with E-state index in [4.69, 9.17) is 4.52 Å². The Hall–Kier alpha value is -2.61. The van der Waals surface area contributed by atoms with Crippen LogP contribution in [0.25, 0.3) is 11.4 Å². The Morgan fingerprint density at radius 2 is 2.04 bits per heavy atom. The zero-order chi connectivity index (χ0) is 18.3. The first-order valence-corrected chi connectivity index (χ1v) is 8.31. The van der Waals surface area contributed by atoms with Gasteiger partial charge in [0, 0.05) is 36.6 Å². The summed E-state index contributed by atoms with van der Waals surface area (Å²) >= 11 is 0. The Bertz CT molecular complexity index is 915. The first kappa shape index (κ1) is 16.8. The van der Waals surface area contributed by atoms with Gasteiger partial charge in [0.05, 0.1) is 12.1 Å². The van der Waals surface area contributed by atoms with Crippen molar-refractivity contribution in [3.63, 3.8) is 0 Å². The van der Waals surface area contributed by atoms with Crippen molar-refractivity contribution in [3.05, 3.63) is 59.7 Å². The lowest BCUT2D eigenvalue weighted by Crippen LogP contribution is -2.35. The van der Waals surface area contributed by atoms with Crippen LogP contribution >= 0.6 is 0 Å². The number of halogens is 3. The molecule has 0 saturated heterocycles. The molecular weight excluding hydrogens is 345 g/mol. The van der Waals surface area contributed by atoms with E-state index in [9.17, 15) is 13.2 Å². The SMILES string of the molecule is C[C@@H]1c2cccn2CCN1Cc1nc(-c2cccc(C(F)(F)F)c2)no1. The minimum Gasteiger partial charge on any atom is -0.349 e. The third-order valence-corrected chi connectivity index (χ3v) is 4.72. The number of fused-ring (bicyclic) bond motifs is 1. The maximum atomic E-state index is 12.9. The number of hydrogen-bond acceptors (Lipinski definition) is 4. The van der Waals surface area contributed by atoms with E-state index in [0.29, 0.717) is 12.4 Å². The van der Waals surface area contributed by atoms with Gasteiger partial charge in [-0.2, -0.15) is 18.2 Å². The van der Waals surface area contributed by atoms with Crippen LogP contribution in [0.15, 0.2) is 47.1 Å². The summed E-state index contributed by atoms with van der Waals surface area (Å²) in [6, 6.07) is 9.24. The number of alkyl halides is 3. The van der Waals surface area contributed by atoms with Crippen molar-refractivity contribution in [2.75, 3.05) is 6.54 Å². The molecule has 1 aliphatic heterocycles. The van der Waals surface area contributed by atoms with Gasteiger partial charge in [0.2, 0.25) is 11.7 Å². The highest BCUT2D eigenvalue weighted by atomic mass is 19.4. The topological polar surface area (TPSA) is 47.1 Å². The lowest BCUT2D eigenvalue weighted by atomic mass is 10.1. The Morgan fingerprint density at radius 1 is 1.19 bits per heavy atom. The minimum atomic E-state index is -4.40. The molecule has 2 aromatic heterocycles. The molecular formula is C18H17F3N4O. The van der Waals surface area contributed by atoms with Crippen LogP contribution in [0, 0.1) is 0 Å². The van der Waals surface area contributed by atoms with Crippen molar-refractivity contribution in [2.24, 2.45) is 0 Å². The first-order chi connectivity index (χ1) is 12.4. The Labute approximate surface area is 148 Å². The Morgan fingerprint density at radius 3 is 2.85 bits per heavy atom. The average Bonchev–Trinajstić information content (AvgIpc) is 3.26. The molecule has 0 fully saturated rings. The molecule has 0 saturated carbocycles. The number of rotatable bonds is 3. The van der Waals surface area contributed by atoms with Crippen LogP contribution in [0.3, 0.4) is 0 Å². The molecule has 136 valence electrons. The zero-order valence-corrected chi connectivity index (χ0v) is 14.1. The van der Waals surface area contributed by atoms with Crippen molar-refractivity contribution in [2.45, 2.75) is 32.2 Å². The highest BCUT2D eigenvalue weighted by molar-refractivity contribution is 5.55. The Kier molecular flexibility index (Phi) is 4.07. The number of aromatic nitrogens is 3. The quantitative estimate of drug-likeness (QED) is 0.703. The van der Waals surface area contributed by atoms with Crippen LogP contribution in [0.1, 0.15) is 30.1 Å². The standard InChI is InChI=1S/C18H17F3N4O/c1-12-15-6-3-7-24(15)8-9-25(12)11-16-22-17(23-26-16)13-4-2-5-14(10-13)18(19,20)21/h2-7,10,12H,8-9,11H2,1H3/t12-/m1/s1. The lowest BCUT2D eigenvalue weighted by Gasteiger charge is -2.33. The van der Waals surface area contributed by atoms with Gasteiger partial charge in [-0.05, 0) is 31.2 Å². The smallest absolute Gasteiger partial charge is 0.349 e. The van der Waals surface area contributed by atoms with Crippen LogP contribution in [-0.2, 0) is 19.3 Å². The van der Waals surface area contributed by atoms with E-state index >= 15 is 0 Å². The second kappa shape index (κ2) is 6.28. The summed E-state index contributed by atoms with van der Waals surface area (Å²) in [7, 11) is 0. The third kappa shape index (κ3) is 3.12. The van der Waals surface area contributed by atoms with Crippen molar-refractivity contribution in [3.8, 4) is 11.4 Å². The molecule has 0 N–H and O–H groups in total. The number of nitrogens with zero attached hydrogens (tertiary/aromatic N) is 4. The molecule has 0 spiro atoms. The van der Waals surface area contributed by atoms with Crippen LogP contribution < -0.4 is 0 Å². The summed E-state index contributed by atoms with van der Waals surface area (Å²) in [5.41, 5.74) is 0.774. The molecule has 0 amide bonds. The fourth-order valence-corrected chi connectivity index (χ4v) is 3.29. The molecule has 0 aliphatic carbocycles. The van der Waals surface area contributed by atoms with Crippen LogP contribution in [0.4, 0.5) is 13.2 Å². The van der Waals surface area contributed by atoms with Gasteiger partial charge in [0.15, 0.2) is 0 Å². The summed E-state index contributed by atoms with van der Waals surface area (Å²) in [5, 5.41) is 3.85. The lowest BCUT2D eigenvalue weighted by molar-refractivity contribution is -0.137. The maximum absolute atomic E-state index is 12.9. The van der Waals surface area contributed by atoms with Crippen molar-refractivity contribution in [1.29, 1.82) is 0 Å². The van der Waals surface area contributed by atoms with Gasteiger partial charge < -0.3 is 9.09 Å². The minimum absolute atomic E-state index is 0.166. The first-order valence-electron chi connectivity index (χ1n) is 8.31. The molecule has 1 aliphatic rings. The summed E-state index contributed by atoms with van der Waals surface area (Å²) < 4.78 is 46.1. The second-order valence-corrected chi connectivity index (χ2v) is 6.36. The maximum Gasteiger partial charge on any atom is 0.416 e. The second-order valence-electron chi connectivity index (χ2n) is 6.36. The molecule has 26 heavy (non-hydrogen) atoms. The molecule has 3 aromatic rings. The zero-order valence-electron chi connectivity index (χ0n) is 14.1. The fraction of sp³-hybridized carbons (Fsp3) is 0.333. The molecule has 0 unspecified atom stereocenters. The van der Waals surface area contributed by atoms with Gasteiger partial charge in [-0.15, -0.1) is 0 Å². The van der Waals surface area contributed by atoms with Crippen LogP contribution in [-0.4, -0.2) is 26.2 Å². The normalized spacial score (nSPS) is 18.1. The molecule has 1 atom stereocenters. The molecule has 0 bridgehead atoms. The third-order valence-electron chi connectivity index (χ3n) is 4.72. The molecule has 1 aromatic carbocycles. The van der Waals surface area contributed by atoms with E-state index in [1.807, 2.05) is 6.07 Å². The van der Waals surface area contributed by atoms with Gasteiger partial charge in [0.25, 0.3) is 0 Å². The van der Waals surface area contributed by atoms with Gasteiger partial charge in [0.1, 0.15) is 0 Å². The van der Waals surface area contributed by atoms with E-state index in [1.165, 1.54) is 11.8 Å². The molecule has 4 rings (SSSR count). The van der Waals surface area contributed by atoms with Gasteiger partial charge in [-0.1, -0.05) is 17.3 Å².